The predicted octanol–water partition coefficient (Wildman–Crippen LogP) is 2.03. The first kappa shape index (κ1) is 20.5. The van der Waals surface area contributed by atoms with Crippen molar-refractivity contribution in [3.05, 3.63) is 20.5 Å². The molecular formula is C15H16N2O6S4. The number of rotatable bonds is 8. The molecule has 3 N–H and O–H groups in total. The second-order valence-corrected chi connectivity index (χ2v) is 10.9. The van der Waals surface area contributed by atoms with Crippen molar-refractivity contribution in [1.29, 1.82) is 0 Å². The van der Waals surface area contributed by atoms with Crippen LogP contribution in [0.15, 0.2) is 14.3 Å². The molecule has 3 heterocycles. The topological polar surface area (TPSA) is 128 Å². The smallest absolute Gasteiger partial charge is 0.354 e. The van der Waals surface area contributed by atoms with Crippen molar-refractivity contribution in [2.75, 3.05) is 5.08 Å². The standard InChI is InChI=1S/C15H16N2O6S4/c1-5-7(3-8(19)20)26-15(16-5)25-4-24-14-10(13(22)23)17-11(21)9(6(2)18)12(17)27-14/h6,9,12,18H,3-4H2,1-2H3,(H,19,20)(H,22,23)/t6-,9+,12-/m1/s1. The molecule has 2 aliphatic heterocycles. The summed E-state index contributed by atoms with van der Waals surface area (Å²) in [5.41, 5.74) is 0.657. The second kappa shape index (κ2) is 8.03. The molecular weight excluding hydrogens is 432 g/mol. The van der Waals surface area contributed by atoms with Gasteiger partial charge in [0.1, 0.15) is 5.37 Å². The molecule has 27 heavy (non-hydrogen) atoms. The van der Waals surface area contributed by atoms with Gasteiger partial charge in [-0.2, -0.15) is 0 Å². The van der Waals surface area contributed by atoms with E-state index in [-0.39, 0.29) is 23.4 Å². The van der Waals surface area contributed by atoms with Gasteiger partial charge in [0.05, 0.1) is 33.5 Å². The van der Waals surface area contributed by atoms with Crippen LogP contribution < -0.4 is 0 Å². The highest BCUT2D eigenvalue weighted by atomic mass is 32.2. The van der Waals surface area contributed by atoms with Crippen LogP contribution in [0.3, 0.4) is 0 Å². The average molecular weight is 449 g/mol. The number of aliphatic carboxylic acids is 2. The van der Waals surface area contributed by atoms with Crippen molar-refractivity contribution >= 4 is 64.5 Å². The number of carboxylic acid groups (broad SMARTS) is 2. The number of thiazole rings is 1. The average Bonchev–Trinajstić information content (AvgIpc) is 3.05. The molecule has 0 unspecified atom stereocenters. The molecule has 1 saturated heterocycles. The zero-order chi connectivity index (χ0) is 19.9. The number of carboxylic acids is 2. The lowest BCUT2D eigenvalue weighted by Gasteiger charge is -2.43. The van der Waals surface area contributed by atoms with Crippen LogP contribution in [0.4, 0.5) is 0 Å². The van der Waals surface area contributed by atoms with Crippen molar-refractivity contribution in [2.24, 2.45) is 5.92 Å². The van der Waals surface area contributed by atoms with Gasteiger partial charge in [-0.25, -0.2) is 9.78 Å². The zero-order valence-corrected chi connectivity index (χ0v) is 17.5. The molecule has 0 bridgehead atoms. The first-order valence-electron chi connectivity index (χ1n) is 7.79. The summed E-state index contributed by atoms with van der Waals surface area (Å²) in [6.07, 6.45) is -0.896. The molecule has 0 spiro atoms. The Bertz CT molecular complexity index is 836. The highest BCUT2D eigenvalue weighted by molar-refractivity contribution is 8.28. The summed E-state index contributed by atoms with van der Waals surface area (Å²) in [4.78, 5) is 40.9. The largest absolute Gasteiger partial charge is 0.481 e. The molecule has 0 radical (unpaired) electrons. The number of aliphatic hydroxyl groups excluding tert-OH is 1. The molecule has 0 aromatic carbocycles. The number of hydrogen-bond donors (Lipinski definition) is 3. The van der Waals surface area contributed by atoms with Gasteiger partial charge < -0.3 is 15.3 Å². The molecule has 0 saturated carbocycles. The Hall–Kier alpha value is -1.21. The van der Waals surface area contributed by atoms with Crippen LogP contribution in [0.1, 0.15) is 17.5 Å². The lowest BCUT2D eigenvalue weighted by molar-refractivity contribution is -0.156. The summed E-state index contributed by atoms with van der Waals surface area (Å²) in [5.74, 6) is -3.02. The Morgan fingerprint density at radius 2 is 2.04 bits per heavy atom. The maximum atomic E-state index is 12.2. The molecule has 1 fully saturated rings. The Balaban J connectivity index is 1.65. The number of hydrogen-bond acceptors (Lipinski definition) is 9. The molecule has 12 heteroatoms. The summed E-state index contributed by atoms with van der Waals surface area (Å²) in [5, 5.41) is 28.2. The Morgan fingerprint density at radius 1 is 1.33 bits per heavy atom. The summed E-state index contributed by atoms with van der Waals surface area (Å²) in [7, 11) is 0. The molecule has 8 nitrogen and oxygen atoms in total. The highest BCUT2D eigenvalue weighted by Crippen LogP contribution is 2.54. The summed E-state index contributed by atoms with van der Waals surface area (Å²) >= 11 is 5.31. The van der Waals surface area contributed by atoms with E-state index in [0.717, 1.165) is 4.34 Å². The van der Waals surface area contributed by atoms with Crippen LogP contribution >= 0.6 is 46.6 Å². The van der Waals surface area contributed by atoms with E-state index in [1.807, 2.05) is 0 Å². The van der Waals surface area contributed by atoms with Crippen molar-refractivity contribution in [1.82, 2.24) is 9.88 Å². The zero-order valence-electron chi connectivity index (χ0n) is 14.2. The van der Waals surface area contributed by atoms with Gasteiger partial charge in [-0.1, -0.05) is 23.5 Å². The number of aliphatic hydroxyl groups is 1. The maximum Gasteiger partial charge on any atom is 0.354 e. The third-order valence-corrected chi connectivity index (χ3v) is 9.11. The number of β-lactam (4-membered cyclic amide) rings is 1. The number of carbonyl (C=O) groups is 3. The molecule has 0 aliphatic carbocycles. The van der Waals surface area contributed by atoms with Crippen molar-refractivity contribution < 1.29 is 29.7 Å². The van der Waals surface area contributed by atoms with Gasteiger partial charge in [0, 0.05) is 4.88 Å². The molecule has 1 aromatic heterocycles. The number of thioether (sulfide) groups is 3. The quantitative estimate of drug-likeness (QED) is 0.309. The Kier molecular flexibility index (Phi) is 6.11. The first-order chi connectivity index (χ1) is 12.7. The SMILES string of the molecule is Cc1nc(SCSC2=C(C(=O)O)N3C(=O)[C@H]([C@@H](C)O)[C@H]3S2)sc1CC(=O)O. The second-order valence-electron chi connectivity index (χ2n) is 5.89. The van der Waals surface area contributed by atoms with Gasteiger partial charge in [0.25, 0.3) is 0 Å². The monoisotopic (exact) mass is 448 g/mol. The van der Waals surface area contributed by atoms with Crippen molar-refractivity contribution in [3.8, 4) is 0 Å². The minimum atomic E-state index is -1.16. The summed E-state index contributed by atoms with van der Waals surface area (Å²) < 4.78 is 1.26. The van der Waals surface area contributed by atoms with Gasteiger partial charge in [0.2, 0.25) is 5.91 Å². The molecule has 1 amide bonds. The molecule has 3 atom stereocenters. The van der Waals surface area contributed by atoms with Crippen molar-refractivity contribution in [3.63, 3.8) is 0 Å². The minimum absolute atomic E-state index is 0.0283. The van der Waals surface area contributed by atoms with Crippen LogP contribution in [0.5, 0.6) is 0 Å². The normalized spacial score (nSPS) is 22.6. The fourth-order valence-electron chi connectivity index (χ4n) is 2.75. The van der Waals surface area contributed by atoms with Crippen LogP contribution in [0.2, 0.25) is 0 Å². The third kappa shape index (κ3) is 3.99. The highest BCUT2D eigenvalue weighted by Gasteiger charge is 2.57. The van der Waals surface area contributed by atoms with Gasteiger partial charge in [-0.3, -0.25) is 14.5 Å². The van der Waals surface area contributed by atoms with E-state index < -0.39 is 24.0 Å². The van der Waals surface area contributed by atoms with Crippen LogP contribution in [-0.4, -0.2) is 59.6 Å². The van der Waals surface area contributed by atoms with E-state index >= 15 is 0 Å². The van der Waals surface area contributed by atoms with Crippen LogP contribution in [0.25, 0.3) is 0 Å². The molecule has 2 aliphatic rings. The number of carbonyl (C=O) groups excluding carboxylic acids is 1. The van der Waals surface area contributed by atoms with E-state index in [1.54, 1.807) is 6.92 Å². The van der Waals surface area contributed by atoms with Gasteiger partial charge in [-0.05, 0) is 13.8 Å². The van der Waals surface area contributed by atoms with E-state index in [4.69, 9.17) is 5.11 Å². The van der Waals surface area contributed by atoms with E-state index in [9.17, 15) is 24.6 Å². The number of aryl methyl sites for hydroxylation is 1. The molecule has 146 valence electrons. The molecule has 3 rings (SSSR count). The number of fused-ring (bicyclic) bond motifs is 1. The van der Waals surface area contributed by atoms with Gasteiger partial charge in [-0.15, -0.1) is 23.1 Å². The van der Waals surface area contributed by atoms with E-state index in [1.165, 1.54) is 58.4 Å². The summed E-state index contributed by atoms with van der Waals surface area (Å²) in [6, 6.07) is 0. The number of aromatic nitrogens is 1. The Labute approximate surface area is 171 Å². The third-order valence-electron chi connectivity index (χ3n) is 4.03. The fourth-order valence-corrected chi connectivity index (χ4v) is 8.42. The number of nitrogens with zero attached hydrogens (tertiary/aromatic N) is 2. The lowest BCUT2D eigenvalue weighted by Crippen LogP contribution is -2.60. The minimum Gasteiger partial charge on any atom is -0.481 e. The van der Waals surface area contributed by atoms with E-state index in [2.05, 4.69) is 4.98 Å². The lowest BCUT2D eigenvalue weighted by atomic mass is 9.92. The fraction of sp³-hybridized carbons (Fsp3) is 0.467. The van der Waals surface area contributed by atoms with Crippen molar-refractivity contribution in [2.45, 2.75) is 36.1 Å². The predicted molar refractivity (Wildman–Crippen MR) is 105 cm³/mol. The summed E-state index contributed by atoms with van der Waals surface area (Å²) in [6.45, 7) is 3.29. The van der Waals surface area contributed by atoms with Crippen LogP contribution in [0, 0.1) is 12.8 Å². The van der Waals surface area contributed by atoms with Crippen LogP contribution in [-0.2, 0) is 20.8 Å². The number of amides is 1. The maximum absolute atomic E-state index is 12.2. The Morgan fingerprint density at radius 3 is 2.63 bits per heavy atom. The first-order valence-corrected chi connectivity index (χ1v) is 11.5. The van der Waals surface area contributed by atoms with Gasteiger partial charge >= 0.3 is 11.9 Å². The van der Waals surface area contributed by atoms with Gasteiger partial charge in [0.15, 0.2) is 10.0 Å². The van der Waals surface area contributed by atoms with E-state index in [0.29, 0.717) is 19.9 Å². The molecule has 1 aromatic rings.